The van der Waals surface area contributed by atoms with Gasteiger partial charge in [0.25, 0.3) is 0 Å². The molecule has 0 spiro atoms. The fourth-order valence-electron chi connectivity index (χ4n) is 3.95. The quantitative estimate of drug-likeness (QED) is 0.508. The molecule has 1 saturated heterocycles. The van der Waals surface area contributed by atoms with E-state index < -0.39 is 10.0 Å². The molecule has 1 aliphatic rings. The number of rotatable bonds is 8. The second kappa shape index (κ2) is 10.7. The first-order valence-corrected chi connectivity index (χ1v) is 12.8. The van der Waals surface area contributed by atoms with E-state index in [1.807, 2.05) is 30.3 Å². The fraction of sp³-hybridized carbons (Fsp3) is 0.360. The van der Waals surface area contributed by atoms with E-state index in [2.05, 4.69) is 10.3 Å². The average Bonchev–Trinajstić information content (AvgIpc) is 3.07. The Morgan fingerprint density at radius 2 is 1.74 bits per heavy atom. The summed E-state index contributed by atoms with van der Waals surface area (Å²) in [5.41, 5.74) is 1.88. The number of hydrogen-bond donors (Lipinski definition) is 1. The van der Waals surface area contributed by atoms with Crippen molar-refractivity contribution in [1.82, 2.24) is 9.29 Å². The number of nitriles is 1. The zero-order chi connectivity index (χ0) is 24.0. The average molecular weight is 481 g/mol. The first-order chi connectivity index (χ1) is 16.5. The van der Waals surface area contributed by atoms with Gasteiger partial charge in [-0.15, -0.1) is 0 Å². The lowest BCUT2D eigenvalue weighted by Crippen LogP contribution is -2.31. The summed E-state index contributed by atoms with van der Waals surface area (Å²) >= 11 is 0. The molecule has 178 valence electrons. The summed E-state index contributed by atoms with van der Waals surface area (Å²) in [6.07, 6.45) is 4.63. The van der Waals surface area contributed by atoms with Crippen LogP contribution in [0.2, 0.25) is 0 Å². The second-order valence-electron chi connectivity index (χ2n) is 8.18. The topological polar surface area (TPSA) is 108 Å². The monoisotopic (exact) mass is 480 g/mol. The van der Waals surface area contributed by atoms with Crippen molar-refractivity contribution in [3.8, 4) is 23.3 Å². The Bertz CT molecular complexity index is 1240. The highest BCUT2D eigenvalue weighted by molar-refractivity contribution is 7.89. The molecule has 8 nitrogen and oxygen atoms in total. The van der Waals surface area contributed by atoms with E-state index in [0.29, 0.717) is 31.1 Å². The maximum atomic E-state index is 13.0. The summed E-state index contributed by atoms with van der Waals surface area (Å²) < 4.78 is 38.5. The van der Waals surface area contributed by atoms with Crippen molar-refractivity contribution < 1.29 is 17.6 Å². The van der Waals surface area contributed by atoms with Gasteiger partial charge in [-0.25, -0.2) is 8.42 Å². The van der Waals surface area contributed by atoms with E-state index in [1.54, 1.807) is 35.7 Å². The van der Waals surface area contributed by atoms with Gasteiger partial charge >= 0.3 is 0 Å². The van der Waals surface area contributed by atoms with Crippen LogP contribution < -0.4 is 10.1 Å². The predicted molar refractivity (Wildman–Crippen MR) is 129 cm³/mol. The van der Waals surface area contributed by atoms with Crippen LogP contribution in [-0.4, -0.2) is 44.5 Å². The number of hydrogen-bond acceptors (Lipinski definition) is 7. The fourth-order valence-corrected chi connectivity index (χ4v) is 5.47. The van der Waals surface area contributed by atoms with Gasteiger partial charge in [-0.3, -0.25) is 0 Å². The molecule has 1 aliphatic heterocycles. The molecular formula is C25H28N4O4S. The van der Waals surface area contributed by atoms with Gasteiger partial charge in [-0.05, 0) is 61.2 Å². The number of ether oxygens (including phenoxy) is 1. The molecule has 9 heteroatoms. The van der Waals surface area contributed by atoms with Gasteiger partial charge in [-0.2, -0.15) is 14.6 Å². The lowest BCUT2D eigenvalue weighted by atomic mass is 10.1. The van der Waals surface area contributed by atoms with Crippen molar-refractivity contribution >= 4 is 15.9 Å². The van der Waals surface area contributed by atoms with Crippen LogP contribution >= 0.6 is 0 Å². The van der Waals surface area contributed by atoms with Gasteiger partial charge in [0.1, 0.15) is 11.8 Å². The van der Waals surface area contributed by atoms with Crippen LogP contribution in [0.15, 0.2) is 57.8 Å². The molecule has 0 radical (unpaired) electrons. The molecule has 0 aliphatic carbocycles. The molecule has 34 heavy (non-hydrogen) atoms. The number of sulfonamides is 1. The van der Waals surface area contributed by atoms with Crippen molar-refractivity contribution in [2.45, 2.75) is 37.0 Å². The van der Waals surface area contributed by atoms with E-state index in [9.17, 15) is 13.7 Å². The van der Waals surface area contributed by atoms with Crippen molar-refractivity contribution in [2.24, 2.45) is 0 Å². The van der Waals surface area contributed by atoms with Crippen LogP contribution in [0.3, 0.4) is 0 Å². The Hall–Kier alpha value is -3.35. The van der Waals surface area contributed by atoms with Crippen molar-refractivity contribution in [3.63, 3.8) is 0 Å². The third-order valence-electron chi connectivity index (χ3n) is 5.90. The Balaban J connectivity index is 1.44. The molecule has 0 bridgehead atoms. The van der Waals surface area contributed by atoms with Gasteiger partial charge in [0.2, 0.25) is 27.5 Å². The molecule has 2 aromatic carbocycles. The number of benzene rings is 2. The summed E-state index contributed by atoms with van der Waals surface area (Å²) in [7, 11) is -1.90. The SMILES string of the molecule is COc1ccc(CCNc2oc(-c3ccc(S(=O)(=O)N4CCCCCC4)cc3)nc2C#N)cc1. The minimum atomic E-state index is -3.53. The number of nitrogens with one attached hydrogen (secondary N) is 1. The molecule has 1 N–H and O–H groups in total. The summed E-state index contributed by atoms with van der Waals surface area (Å²) in [6, 6.07) is 16.3. The second-order valence-corrected chi connectivity index (χ2v) is 10.1. The summed E-state index contributed by atoms with van der Waals surface area (Å²) in [4.78, 5) is 4.53. The zero-order valence-corrected chi connectivity index (χ0v) is 20.0. The smallest absolute Gasteiger partial charge is 0.243 e. The third-order valence-corrected chi connectivity index (χ3v) is 7.81. The van der Waals surface area contributed by atoms with Crippen LogP contribution in [0.25, 0.3) is 11.5 Å². The first-order valence-electron chi connectivity index (χ1n) is 11.4. The highest BCUT2D eigenvalue weighted by atomic mass is 32.2. The minimum Gasteiger partial charge on any atom is -0.497 e. The predicted octanol–water partition coefficient (Wildman–Crippen LogP) is 4.44. The molecular weight excluding hydrogens is 452 g/mol. The standard InChI is InChI=1S/C25H28N4O4S/c1-32-21-10-6-19(7-11-21)14-15-27-25-23(18-26)28-24(33-25)20-8-12-22(13-9-20)34(30,31)29-16-4-2-3-5-17-29/h6-13,27H,2-5,14-17H2,1H3. The maximum Gasteiger partial charge on any atom is 0.243 e. The lowest BCUT2D eigenvalue weighted by Gasteiger charge is -2.19. The molecule has 4 rings (SSSR count). The normalized spacial score (nSPS) is 14.8. The van der Waals surface area contributed by atoms with E-state index in [-0.39, 0.29) is 16.5 Å². The summed E-state index contributed by atoms with van der Waals surface area (Å²) in [5.74, 6) is 1.36. The van der Waals surface area contributed by atoms with Crippen LogP contribution in [0, 0.1) is 11.3 Å². The van der Waals surface area contributed by atoms with Crippen molar-refractivity contribution in [2.75, 3.05) is 32.1 Å². The molecule has 2 heterocycles. The van der Waals surface area contributed by atoms with Gasteiger partial charge in [0.15, 0.2) is 0 Å². The van der Waals surface area contributed by atoms with Crippen LogP contribution in [0.1, 0.15) is 36.9 Å². The highest BCUT2D eigenvalue weighted by Crippen LogP contribution is 2.28. The van der Waals surface area contributed by atoms with E-state index in [1.165, 1.54) is 0 Å². The number of aromatic nitrogens is 1. The number of methoxy groups -OCH3 is 1. The minimum absolute atomic E-state index is 0.158. The molecule has 1 fully saturated rings. The summed E-state index contributed by atoms with van der Waals surface area (Å²) in [6.45, 7) is 1.67. The summed E-state index contributed by atoms with van der Waals surface area (Å²) in [5, 5.41) is 12.6. The van der Waals surface area contributed by atoms with Crippen molar-refractivity contribution in [1.29, 1.82) is 5.26 Å². The Morgan fingerprint density at radius 1 is 1.06 bits per heavy atom. The highest BCUT2D eigenvalue weighted by Gasteiger charge is 2.25. The first kappa shape index (κ1) is 23.8. The van der Waals surface area contributed by atoms with E-state index in [0.717, 1.165) is 43.4 Å². The molecule has 0 unspecified atom stereocenters. The molecule has 0 saturated carbocycles. The van der Waals surface area contributed by atoms with E-state index >= 15 is 0 Å². The molecule has 0 atom stereocenters. The zero-order valence-electron chi connectivity index (χ0n) is 19.2. The van der Waals surface area contributed by atoms with Crippen LogP contribution in [0.4, 0.5) is 5.88 Å². The number of nitrogens with zero attached hydrogens (tertiary/aromatic N) is 3. The third kappa shape index (κ3) is 5.41. The van der Waals surface area contributed by atoms with Gasteiger partial charge in [0.05, 0.1) is 12.0 Å². The lowest BCUT2D eigenvalue weighted by molar-refractivity contribution is 0.414. The Morgan fingerprint density at radius 3 is 2.35 bits per heavy atom. The number of anilines is 1. The van der Waals surface area contributed by atoms with Crippen LogP contribution in [-0.2, 0) is 16.4 Å². The maximum absolute atomic E-state index is 13.0. The van der Waals surface area contributed by atoms with Gasteiger partial charge < -0.3 is 14.5 Å². The van der Waals surface area contributed by atoms with Crippen molar-refractivity contribution in [3.05, 3.63) is 59.8 Å². The van der Waals surface area contributed by atoms with Gasteiger partial charge in [0, 0.05) is 25.2 Å². The Kier molecular flexibility index (Phi) is 7.50. The van der Waals surface area contributed by atoms with E-state index in [4.69, 9.17) is 9.15 Å². The Labute approximate surface area is 200 Å². The van der Waals surface area contributed by atoms with Gasteiger partial charge in [-0.1, -0.05) is 25.0 Å². The molecule has 3 aromatic rings. The number of oxazole rings is 1. The largest absolute Gasteiger partial charge is 0.497 e. The molecule has 0 amide bonds. The molecule has 1 aromatic heterocycles. The van der Waals surface area contributed by atoms with Crippen LogP contribution in [0.5, 0.6) is 5.75 Å².